The molecule has 2 fully saturated rings. The van der Waals surface area contributed by atoms with Crippen LogP contribution in [-0.2, 0) is 28.7 Å². The van der Waals surface area contributed by atoms with E-state index in [0.29, 0.717) is 10.3 Å². The number of carbonyl (C=O) groups is 4. The maximum Gasteiger partial charge on any atom is 0.331 e. The third kappa shape index (κ3) is 6.20. The molecule has 0 unspecified atom stereocenters. The van der Waals surface area contributed by atoms with Gasteiger partial charge in [-0.15, -0.1) is 13.2 Å². The number of amidine groups is 2. The maximum absolute atomic E-state index is 12.8. The summed E-state index contributed by atoms with van der Waals surface area (Å²) >= 11 is 2.07. The number of esters is 2. The number of carbonyl (C=O) groups excluding carboxylic acids is 4. The number of thioether (sulfide) groups is 2. The average molecular weight is 479 g/mol. The number of nitrogens with zero attached hydrogens (tertiary/aromatic N) is 4. The molecule has 2 amide bonds. The number of amides is 2. The van der Waals surface area contributed by atoms with Crippen molar-refractivity contribution in [2.75, 3.05) is 40.4 Å². The van der Waals surface area contributed by atoms with Crippen molar-refractivity contribution in [1.82, 2.24) is 9.80 Å². The second-order valence-corrected chi connectivity index (χ2v) is 8.02. The number of aliphatic imine (C=N–C) groups is 2. The van der Waals surface area contributed by atoms with Gasteiger partial charge in [0.2, 0.25) is 0 Å². The number of hydrogen-bond donors (Lipinski definition) is 0. The first-order valence-corrected chi connectivity index (χ1v) is 10.9. The molecule has 0 aromatic heterocycles. The molecule has 0 radical (unpaired) electrons. The Morgan fingerprint density at radius 2 is 1.22 bits per heavy atom. The number of methoxy groups -OCH3 is 2. The maximum atomic E-state index is 12.8. The lowest BCUT2D eigenvalue weighted by Gasteiger charge is -2.20. The molecule has 2 aliphatic heterocycles. The van der Waals surface area contributed by atoms with Gasteiger partial charge in [0.1, 0.15) is 0 Å². The smallest absolute Gasteiger partial charge is 0.331 e. The van der Waals surface area contributed by atoms with Crippen LogP contribution in [0.1, 0.15) is 0 Å². The molecule has 0 aliphatic carbocycles. The minimum Gasteiger partial charge on any atom is -0.466 e. The van der Waals surface area contributed by atoms with Crippen LogP contribution in [0.5, 0.6) is 0 Å². The lowest BCUT2D eigenvalue weighted by Crippen LogP contribution is -2.40. The summed E-state index contributed by atoms with van der Waals surface area (Å²) in [6, 6.07) is 0. The van der Waals surface area contributed by atoms with Crippen molar-refractivity contribution in [3.05, 3.63) is 47.3 Å². The quantitative estimate of drug-likeness (QED) is 0.277. The Labute approximate surface area is 193 Å². The van der Waals surface area contributed by atoms with Crippen molar-refractivity contribution in [3.8, 4) is 0 Å². The summed E-state index contributed by atoms with van der Waals surface area (Å²) in [4.78, 5) is 60.5. The fraction of sp³-hybridized carbons (Fsp3) is 0.300. The van der Waals surface area contributed by atoms with Crippen LogP contribution < -0.4 is 0 Å². The van der Waals surface area contributed by atoms with E-state index >= 15 is 0 Å². The van der Waals surface area contributed by atoms with Crippen molar-refractivity contribution in [1.29, 1.82) is 0 Å². The summed E-state index contributed by atoms with van der Waals surface area (Å²) in [5, 5.41) is 0.749. The van der Waals surface area contributed by atoms with Crippen molar-refractivity contribution in [3.63, 3.8) is 0 Å². The van der Waals surface area contributed by atoms with Crippen LogP contribution in [0, 0.1) is 0 Å². The van der Waals surface area contributed by atoms with Gasteiger partial charge in [-0.25, -0.2) is 9.59 Å². The van der Waals surface area contributed by atoms with Crippen molar-refractivity contribution >= 4 is 57.6 Å². The molecule has 32 heavy (non-hydrogen) atoms. The normalized spacial score (nSPS) is 21.2. The van der Waals surface area contributed by atoms with Crippen LogP contribution >= 0.6 is 23.5 Å². The fourth-order valence-corrected chi connectivity index (χ4v) is 4.41. The Balaban J connectivity index is 2.26. The second-order valence-electron chi connectivity index (χ2n) is 6.01. The molecule has 0 bridgehead atoms. The number of rotatable bonds is 9. The zero-order valence-electron chi connectivity index (χ0n) is 17.6. The van der Waals surface area contributed by atoms with Gasteiger partial charge in [-0.2, -0.15) is 0 Å². The molecule has 0 aromatic rings. The Hall–Kier alpha value is -3.12. The molecule has 0 N–H and O–H groups in total. The lowest BCUT2D eigenvalue weighted by molar-refractivity contribution is -0.136. The Morgan fingerprint density at radius 1 is 0.844 bits per heavy atom. The van der Waals surface area contributed by atoms with Gasteiger partial charge in [-0.1, -0.05) is 12.2 Å². The van der Waals surface area contributed by atoms with Crippen LogP contribution in [0.15, 0.2) is 57.3 Å². The van der Waals surface area contributed by atoms with Crippen molar-refractivity contribution in [2.24, 2.45) is 9.98 Å². The van der Waals surface area contributed by atoms with Crippen LogP contribution in [0.25, 0.3) is 0 Å². The molecule has 0 spiro atoms. The van der Waals surface area contributed by atoms with Gasteiger partial charge >= 0.3 is 11.9 Å². The molecule has 2 aliphatic rings. The highest BCUT2D eigenvalue weighted by atomic mass is 32.2. The third-order valence-corrected chi connectivity index (χ3v) is 6.02. The summed E-state index contributed by atoms with van der Waals surface area (Å²) in [6.45, 7) is 7.94. The monoisotopic (exact) mass is 478 g/mol. The summed E-state index contributed by atoms with van der Waals surface area (Å²) in [5.74, 6) is -2.18. The van der Waals surface area contributed by atoms with Gasteiger partial charge in [0.05, 0.1) is 37.1 Å². The SMILES string of the molecule is C=CCN=C1S/C(=C\C(=O)OC)C(=O)N1CCN1C(=O)/C(=C/C(=O)OC)SC1=NCC=C. The van der Waals surface area contributed by atoms with E-state index in [1.165, 1.54) is 24.0 Å². The van der Waals surface area contributed by atoms with Gasteiger partial charge in [0.15, 0.2) is 10.3 Å². The molecule has 2 saturated heterocycles. The van der Waals surface area contributed by atoms with Crippen LogP contribution in [0.3, 0.4) is 0 Å². The van der Waals surface area contributed by atoms with E-state index in [9.17, 15) is 19.2 Å². The minimum absolute atomic E-state index is 0.0885. The topological polar surface area (TPSA) is 118 Å². The fourth-order valence-electron chi connectivity index (χ4n) is 2.46. The zero-order valence-corrected chi connectivity index (χ0v) is 19.2. The van der Waals surface area contributed by atoms with Gasteiger partial charge in [0, 0.05) is 25.2 Å². The van der Waals surface area contributed by atoms with Gasteiger partial charge < -0.3 is 9.47 Å². The molecular formula is C20H22N4O6S2. The third-order valence-electron chi connectivity index (χ3n) is 3.93. The van der Waals surface area contributed by atoms with Crippen LogP contribution in [0.2, 0.25) is 0 Å². The molecule has 0 saturated carbocycles. The lowest BCUT2D eigenvalue weighted by atomic mass is 10.3. The van der Waals surface area contributed by atoms with E-state index in [1.807, 2.05) is 0 Å². The highest BCUT2D eigenvalue weighted by Crippen LogP contribution is 2.33. The first-order chi connectivity index (χ1) is 15.4. The highest BCUT2D eigenvalue weighted by Gasteiger charge is 2.37. The molecule has 2 rings (SSSR count). The summed E-state index contributed by atoms with van der Waals surface area (Å²) in [6.07, 6.45) is 5.34. The average Bonchev–Trinajstić information content (AvgIpc) is 3.24. The molecule has 10 nitrogen and oxygen atoms in total. The van der Waals surface area contributed by atoms with E-state index in [0.717, 1.165) is 35.7 Å². The predicted octanol–water partition coefficient (Wildman–Crippen LogP) is 1.33. The summed E-state index contributed by atoms with van der Waals surface area (Å²) < 4.78 is 9.19. The van der Waals surface area contributed by atoms with Crippen molar-refractivity contribution in [2.45, 2.75) is 0 Å². The minimum atomic E-state index is -0.659. The molecule has 0 aromatic carbocycles. The summed E-state index contributed by atoms with van der Waals surface area (Å²) in [5.41, 5.74) is 0. The molecule has 0 atom stereocenters. The van der Waals surface area contributed by atoms with Crippen LogP contribution in [0.4, 0.5) is 0 Å². The standard InChI is InChI=1S/C20H22N4O6S2/c1-5-7-21-19-23(17(27)13(31-19)11-15(25)29-3)9-10-24-18(28)14(12-16(26)30-4)32-20(24)22-8-6-2/h5-6,11-12H,1-2,7-10H2,3-4H3/b13-11-,14-12-,21-19?,22-20?. The van der Waals surface area contributed by atoms with Gasteiger partial charge in [-0.05, 0) is 23.5 Å². The molecule has 12 heteroatoms. The largest absolute Gasteiger partial charge is 0.466 e. The first kappa shape index (κ1) is 25.1. The summed E-state index contributed by atoms with van der Waals surface area (Å²) in [7, 11) is 2.43. The molecule has 170 valence electrons. The Bertz CT molecular complexity index is 878. The van der Waals surface area contributed by atoms with Gasteiger partial charge in [-0.3, -0.25) is 29.4 Å². The highest BCUT2D eigenvalue weighted by molar-refractivity contribution is 8.18. The Kier molecular flexibility index (Phi) is 9.47. The molecular weight excluding hydrogens is 456 g/mol. The number of hydrogen-bond acceptors (Lipinski definition) is 10. The van der Waals surface area contributed by atoms with E-state index in [4.69, 9.17) is 0 Å². The molecule has 2 heterocycles. The van der Waals surface area contributed by atoms with E-state index in [1.54, 1.807) is 12.2 Å². The predicted molar refractivity (Wildman–Crippen MR) is 124 cm³/mol. The van der Waals surface area contributed by atoms with Crippen LogP contribution in [-0.4, -0.2) is 84.3 Å². The van der Waals surface area contributed by atoms with Crippen molar-refractivity contribution < 1.29 is 28.7 Å². The number of ether oxygens (including phenoxy) is 2. The van der Waals surface area contributed by atoms with E-state index < -0.39 is 23.8 Å². The second kappa shape index (κ2) is 12.1. The van der Waals surface area contributed by atoms with E-state index in [2.05, 4.69) is 32.6 Å². The van der Waals surface area contributed by atoms with Gasteiger partial charge in [0.25, 0.3) is 11.8 Å². The first-order valence-electron chi connectivity index (χ1n) is 9.25. The Morgan fingerprint density at radius 3 is 1.53 bits per heavy atom. The zero-order chi connectivity index (χ0) is 23.7. The van der Waals surface area contributed by atoms with E-state index in [-0.39, 0.29) is 36.0 Å².